The summed E-state index contributed by atoms with van der Waals surface area (Å²) in [6.45, 7) is 0. The van der Waals surface area contributed by atoms with Crippen LogP contribution in [0.3, 0.4) is 0 Å². The molecule has 0 N–H and O–H groups in total. The van der Waals surface area contributed by atoms with Crippen molar-refractivity contribution < 1.29 is 28.5 Å². The van der Waals surface area contributed by atoms with E-state index in [-0.39, 0.29) is 11.6 Å². The van der Waals surface area contributed by atoms with Crippen LogP contribution in [0.4, 0.5) is 0 Å². The molecule has 0 aliphatic heterocycles. The van der Waals surface area contributed by atoms with Crippen molar-refractivity contribution in [3.63, 3.8) is 0 Å². The van der Waals surface area contributed by atoms with E-state index >= 15 is 0 Å². The number of hydrogen-bond acceptors (Lipinski definition) is 6. The summed E-state index contributed by atoms with van der Waals surface area (Å²) < 4.78 is 20.9. The van der Waals surface area contributed by atoms with E-state index in [4.69, 9.17) is 18.9 Å². The maximum absolute atomic E-state index is 12.4. The van der Waals surface area contributed by atoms with Crippen molar-refractivity contribution in [2.24, 2.45) is 0 Å². The Hall–Kier alpha value is -3.02. The van der Waals surface area contributed by atoms with Gasteiger partial charge in [0.15, 0.2) is 34.6 Å². The number of hydrogen-bond donors (Lipinski definition) is 0. The van der Waals surface area contributed by atoms with E-state index in [0.29, 0.717) is 47.0 Å². The zero-order chi connectivity index (χ0) is 23.3. The molecule has 0 saturated carbocycles. The Bertz CT molecular complexity index is 816. The predicted octanol–water partition coefficient (Wildman–Crippen LogP) is 5.91. The molecule has 0 amide bonds. The topological polar surface area (TPSA) is 71.1 Å². The summed E-state index contributed by atoms with van der Waals surface area (Å²) in [4.78, 5) is 24.8. The molecule has 0 spiro atoms. The van der Waals surface area contributed by atoms with Crippen molar-refractivity contribution in [3.8, 4) is 23.0 Å². The van der Waals surface area contributed by atoms with Crippen molar-refractivity contribution in [1.29, 1.82) is 0 Å². The third kappa shape index (κ3) is 7.29. The molecule has 2 aromatic rings. The molecule has 0 fully saturated rings. The van der Waals surface area contributed by atoms with Crippen LogP contribution in [0.25, 0.3) is 0 Å². The van der Waals surface area contributed by atoms with Crippen molar-refractivity contribution >= 4 is 11.6 Å². The van der Waals surface area contributed by atoms with Gasteiger partial charge >= 0.3 is 0 Å². The highest BCUT2D eigenvalue weighted by atomic mass is 16.5. The van der Waals surface area contributed by atoms with E-state index in [0.717, 1.165) is 38.5 Å². The van der Waals surface area contributed by atoms with E-state index in [1.807, 2.05) is 0 Å². The molecule has 6 nitrogen and oxygen atoms in total. The summed E-state index contributed by atoms with van der Waals surface area (Å²) in [7, 11) is 6.28. The number of unbranched alkanes of at least 4 members (excludes halogenated alkanes) is 5. The first-order valence-corrected chi connectivity index (χ1v) is 11.0. The van der Waals surface area contributed by atoms with E-state index in [2.05, 4.69) is 0 Å². The average Bonchev–Trinajstić information content (AvgIpc) is 2.84. The lowest BCUT2D eigenvalue weighted by molar-refractivity contribution is 0.0969. The van der Waals surface area contributed by atoms with Crippen molar-refractivity contribution in [3.05, 3.63) is 47.5 Å². The quantitative estimate of drug-likeness (QED) is 0.252. The fourth-order valence-corrected chi connectivity index (χ4v) is 3.59. The van der Waals surface area contributed by atoms with Crippen LogP contribution < -0.4 is 18.9 Å². The van der Waals surface area contributed by atoms with Crippen molar-refractivity contribution in [1.82, 2.24) is 0 Å². The van der Waals surface area contributed by atoms with Crippen molar-refractivity contribution in [2.45, 2.75) is 51.4 Å². The van der Waals surface area contributed by atoms with E-state index in [9.17, 15) is 9.59 Å². The Morgan fingerprint density at radius 2 is 0.875 bits per heavy atom. The number of rotatable bonds is 15. The summed E-state index contributed by atoms with van der Waals surface area (Å²) >= 11 is 0. The summed E-state index contributed by atoms with van der Waals surface area (Å²) in [6.07, 6.45) is 6.88. The second kappa shape index (κ2) is 13.4. The van der Waals surface area contributed by atoms with Crippen LogP contribution in [0.15, 0.2) is 36.4 Å². The standard InChI is InChI=1S/C26H34O6/c1-29-23-15-13-19(17-25(23)31-3)21(27)11-9-7-5-6-8-10-12-22(28)20-14-16-24(30-2)26(18-20)32-4/h13-18H,5-12H2,1-4H3. The Labute approximate surface area is 190 Å². The maximum Gasteiger partial charge on any atom is 0.163 e. The fraction of sp³-hybridized carbons (Fsp3) is 0.462. The lowest BCUT2D eigenvalue weighted by Gasteiger charge is -2.09. The predicted molar refractivity (Wildman–Crippen MR) is 125 cm³/mol. The summed E-state index contributed by atoms with van der Waals surface area (Å²) in [6, 6.07) is 10.5. The first-order chi connectivity index (χ1) is 15.5. The molecular weight excluding hydrogens is 408 g/mol. The van der Waals surface area contributed by atoms with Gasteiger partial charge in [0.2, 0.25) is 0 Å². The van der Waals surface area contributed by atoms with E-state index in [1.54, 1.807) is 64.8 Å². The van der Waals surface area contributed by atoms with Gasteiger partial charge in [-0.05, 0) is 49.2 Å². The minimum Gasteiger partial charge on any atom is -0.493 e. The van der Waals surface area contributed by atoms with Gasteiger partial charge in [-0.15, -0.1) is 0 Å². The first-order valence-electron chi connectivity index (χ1n) is 11.0. The Morgan fingerprint density at radius 3 is 1.22 bits per heavy atom. The second-order valence-electron chi connectivity index (χ2n) is 7.61. The molecule has 6 heteroatoms. The molecule has 32 heavy (non-hydrogen) atoms. The summed E-state index contributed by atoms with van der Waals surface area (Å²) in [5.74, 6) is 2.61. The molecule has 0 bridgehead atoms. The molecule has 174 valence electrons. The second-order valence-corrected chi connectivity index (χ2v) is 7.61. The zero-order valence-electron chi connectivity index (χ0n) is 19.6. The third-order valence-corrected chi connectivity index (χ3v) is 5.47. The Kier molecular flexibility index (Phi) is 10.6. The van der Waals surface area contributed by atoms with Gasteiger partial charge in [-0.1, -0.05) is 25.7 Å². The van der Waals surface area contributed by atoms with Gasteiger partial charge in [0.1, 0.15) is 0 Å². The number of benzene rings is 2. The number of ketones is 2. The molecular formula is C26H34O6. The van der Waals surface area contributed by atoms with Gasteiger partial charge in [-0.3, -0.25) is 9.59 Å². The highest BCUT2D eigenvalue weighted by molar-refractivity contribution is 5.97. The highest BCUT2D eigenvalue weighted by Gasteiger charge is 2.12. The van der Waals surface area contributed by atoms with E-state index < -0.39 is 0 Å². The zero-order valence-corrected chi connectivity index (χ0v) is 19.6. The van der Waals surface area contributed by atoms with E-state index in [1.165, 1.54) is 0 Å². The van der Waals surface area contributed by atoms with Crippen LogP contribution in [0.1, 0.15) is 72.1 Å². The summed E-state index contributed by atoms with van der Waals surface area (Å²) in [5, 5.41) is 0. The first kappa shape index (κ1) is 25.2. The number of Topliss-reactive ketones (excluding diaryl/α,β-unsaturated/α-hetero) is 2. The van der Waals surface area contributed by atoms with Gasteiger partial charge in [0.05, 0.1) is 28.4 Å². The lowest BCUT2D eigenvalue weighted by atomic mass is 10.0. The smallest absolute Gasteiger partial charge is 0.163 e. The van der Waals surface area contributed by atoms with Crippen LogP contribution in [-0.4, -0.2) is 40.0 Å². The van der Waals surface area contributed by atoms with Gasteiger partial charge in [0.25, 0.3) is 0 Å². The van der Waals surface area contributed by atoms with Gasteiger partial charge in [0, 0.05) is 24.0 Å². The molecule has 0 saturated heterocycles. The molecule has 0 heterocycles. The van der Waals surface area contributed by atoms with Crippen LogP contribution in [-0.2, 0) is 0 Å². The molecule has 0 aliphatic rings. The van der Waals surface area contributed by atoms with Gasteiger partial charge < -0.3 is 18.9 Å². The van der Waals surface area contributed by atoms with Crippen molar-refractivity contribution in [2.75, 3.05) is 28.4 Å². The fourth-order valence-electron chi connectivity index (χ4n) is 3.59. The normalized spacial score (nSPS) is 10.5. The Morgan fingerprint density at radius 1 is 0.531 bits per heavy atom. The molecule has 2 aromatic carbocycles. The molecule has 2 rings (SSSR count). The van der Waals surface area contributed by atoms with Gasteiger partial charge in [-0.2, -0.15) is 0 Å². The number of carbonyl (C=O) groups is 2. The monoisotopic (exact) mass is 442 g/mol. The average molecular weight is 443 g/mol. The third-order valence-electron chi connectivity index (χ3n) is 5.47. The summed E-state index contributed by atoms with van der Waals surface area (Å²) in [5.41, 5.74) is 1.30. The minimum absolute atomic E-state index is 0.117. The largest absolute Gasteiger partial charge is 0.493 e. The number of methoxy groups -OCH3 is 4. The minimum atomic E-state index is 0.117. The van der Waals surface area contributed by atoms with Crippen LogP contribution in [0.2, 0.25) is 0 Å². The number of carbonyl (C=O) groups excluding carboxylic acids is 2. The lowest BCUT2D eigenvalue weighted by Crippen LogP contribution is -2.01. The highest BCUT2D eigenvalue weighted by Crippen LogP contribution is 2.29. The Balaban J connectivity index is 1.62. The molecule has 0 unspecified atom stereocenters. The molecule has 0 aromatic heterocycles. The van der Waals surface area contributed by atoms with Gasteiger partial charge in [-0.25, -0.2) is 0 Å². The molecule has 0 atom stereocenters. The SMILES string of the molecule is COc1ccc(C(=O)CCCCCCCCC(=O)c2ccc(OC)c(OC)c2)cc1OC. The van der Waals surface area contributed by atoms with Crippen LogP contribution in [0, 0.1) is 0 Å². The van der Waals surface area contributed by atoms with Crippen LogP contribution >= 0.6 is 0 Å². The number of ether oxygens (including phenoxy) is 4. The maximum atomic E-state index is 12.4. The molecule has 0 aliphatic carbocycles. The molecule has 0 radical (unpaired) electrons. The van der Waals surface area contributed by atoms with Crippen LogP contribution in [0.5, 0.6) is 23.0 Å².